The van der Waals surface area contributed by atoms with E-state index in [2.05, 4.69) is 27.0 Å². The SMILES string of the molecule is CC1CC(COP(NC2(C(=O)OC3CCCC3)CCC2)Oc2ccc(Cl)cc2)OC1n1cnc2cnc(N)nc21. The zero-order valence-electron chi connectivity index (χ0n) is 22.4. The lowest BCUT2D eigenvalue weighted by molar-refractivity contribution is -0.160. The number of nitrogen functional groups attached to an aromatic ring is 1. The van der Waals surface area contributed by atoms with Gasteiger partial charge >= 0.3 is 14.5 Å². The molecule has 4 atom stereocenters. The normalized spacial score (nSPS) is 25.1. The molecule has 3 aliphatic rings. The second-order valence-electron chi connectivity index (χ2n) is 10.9. The Balaban J connectivity index is 1.14. The van der Waals surface area contributed by atoms with E-state index < -0.39 is 14.1 Å². The topological polar surface area (TPSA) is 136 Å². The van der Waals surface area contributed by atoms with Crippen LogP contribution in [0.2, 0.25) is 5.02 Å². The highest BCUT2D eigenvalue weighted by Crippen LogP contribution is 2.46. The number of ether oxygens (including phenoxy) is 2. The summed E-state index contributed by atoms with van der Waals surface area (Å²) in [6, 6.07) is 7.09. The molecular weight excluding hydrogens is 555 g/mol. The summed E-state index contributed by atoms with van der Waals surface area (Å²) in [7, 11) is -1.69. The average Bonchev–Trinajstić information content (AvgIpc) is 3.66. The van der Waals surface area contributed by atoms with E-state index in [9.17, 15) is 4.79 Å². The first-order valence-corrected chi connectivity index (χ1v) is 15.4. The Hall–Kier alpha value is -2.56. The van der Waals surface area contributed by atoms with Gasteiger partial charge in [-0.1, -0.05) is 18.5 Å². The van der Waals surface area contributed by atoms with Crippen molar-refractivity contribution in [1.29, 1.82) is 0 Å². The maximum Gasteiger partial charge on any atom is 0.327 e. The van der Waals surface area contributed by atoms with Gasteiger partial charge in [0.05, 0.1) is 25.2 Å². The number of nitrogens with one attached hydrogen (secondary N) is 1. The molecule has 1 aliphatic heterocycles. The fourth-order valence-electron chi connectivity index (χ4n) is 5.55. The summed E-state index contributed by atoms with van der Waals surface area (Å²) in [6.45, 7) is 2.40. The van der Waals surface area contributed by atoms with E-state index in [-0.39, 0.29) is 42.9 Å². The molecule has 11 nitrogen and oxygen atoms in total. The number of nitrogens with zero attached hydrogens (tertiary/aromatic N) is 4. The van der Waals surface area contributed by atoms with Gasteiger partial charge in [-0.25, -0.2) is 15.1 Å². The van der Waals surface area contributed by atoms with E-state index in [1.807, 2.05) is 4.57 Å². The molecule has 1 aromatic carbocycles. The number of nitrogens with two attached hydrogens (primary N) is 1. The van der Waals surface area contributed by atoms with Gasteiger partial charge in [0.1, 0.15) is 29.1 Å². The van der Waals surface area contributed by atoms with Crippen molar-refractivity contribution in [3.8, 4) is 5.75 Å². The van der Waals surface area contributed by atoms with E-state index in [0.717, 1.165) is 38.5 Å². The summed E-state index contributed by atoms with van der Waals surface area (Å²) in [5.74, 6) is 0.757. The molecular formula is C27H34ClN6O5P. The molecule has 3 aromatic rings. The summed E-state index contributed by atoms with van der Waals surface area (Å²) >= 11 is 6.07. The lowest BCUT2D eigenvalue weighted by Crippen LogP contribution is -2.57. The van der Waals surface area contributed by atoms with Crippen LogP contribution in [0.25, 0.3) is 11.2 Å². The van der Waals surface area contributed by atoms with Gasteiger partial charge in [0.15, 0.2) is 5.65 Å². The van der Waals surface area contributed by atoms with Crippen molar-refractivity contribution < 1.29 is 23.3 Å². The number of anilines is 1. The van der Waals surface area contributed by atoms with Crippen LogP contribution in [0.15, 0.2) is 36.8 Å². The van der Waals surface area contributed by atoms with Crippen LogP contribution in [-0.4, -0.2) is 49.8 Å². The Morgan fingerprint density at radius 2 is 2.00 bits per heavy atom. The monoisotopic (exact) mass is 588 g/mol. The third kappa shape index (κ3) is 5.90. The maximum absolute atomic E-state index is 13.3. The first-order valence-electron chi connectivity index (χ1n) is 13.8. The van der Waals surface area contributed by atoms with Gasteiger partial charge < -0.3 is 24.3 Å². The molecule has 0 amide bonds. The Labute approximate surface area is 239 Å². The molecule has 2 aromatic heterocycles. The van der Waals surface area contributed by atoms with Gasteiger partial charge in [-0.2, -0.15) is 4.98 Å². The fourth-order valence-corrected chi connectivity index (χ4v) is 7.12. The van der Waals surface area contributed by atoms with Crippen LogP contribution in [0, 0.1) is 5.92 Å². The summed E-state index contributed by atoms with van der Waals surface area (Å²) in [5, 5.41) is 4.03. The minimum Gasteiger partial charge on any atom is -0.461 e. The van der Waals surface area contributed by atoms with Crippen molar-refractivity contribution in [2.75, 3.05) is 12.3 Å². The molecule has 4 unspecified atom stereocenters. The minimum absolute atomic E-state index is 0.00120. The van der Waals surface area contributed by atoms with Crippen molar-refractivity contribution >= 4 is 43.2 Å². The fraction of sp³-hybridized carbons (Fsp3) is 0.556. The standard InChI is InChI=1S/C27H34ClN6O5P/c1-17-13-21(37-24(17)34-16-31-22-14-30-26(29)32-23(22)34)15-36-40(39-20-9-7-18(28)8-10-20)33-27(11-4-12-27)25(35)38-19-5-2-3-6-19/h7-10,14,16-17,19,21,24,33H,2-6,11-13,15H2,1H3,(H2,29,30,32). The molecule has 214 valence electrons. The van der Waals surface area contributed by atoms with Gasteiger partial charge in [-0.3, -0.25) is 9.36 Å². The van der Waals surface area contributed by atoms with Crippen molar-refractivity contribution in [2.45, 2.75) is 82.3 Å². The van der Waals surface area contributed by atoms with Crippen LogP contribution >= 0.6 is 20.1 Å². The zero-order chi connectivity index (χ0) is 27.7. The zero-order valence-corrected chi connectivity index (χ0v) is 24.0. The molecule has 0 bridgehead atoms. The number of halogens is 1. The molecule has 2 saturated carbocycles. The smallest absolute Gasteiger partial charge is 0.327 e. The molecule has 3 fully saturated rings. The van der Waals surface area contributed by atoms with Gasteiger partial charge in [-0.05, 0) is 75.6 Å². The van der Waals surface area contributed by atoms with Gasteiger partial charge in [0.25, 0.3) is 0 Å². The predicted molar refractivity (Wildman–Crippen MR) is 150 cm³/mol. The summed E-state index contributed by atoms with van der Waals surface area (Å²) < 4.78 is 26.8. The maximum atomic E-state index is 13.3. The first-order chi connectivity index (χ1) is 19.4. The molecule has 0 spiro atoms. The number of carbonyl (C=O) groups excluding carboxylic acids is 1. The van der Waals surface area contributed by atoms with Crippen LogP contribution in [0.5, 0.6) is 5.75 Å². The second kappa shape index (κ2) is 11.7. The van der Waals surface area contributed by atoms with E-state index in [1.165, 1.54) is 0 Å². The summed E-state index contributed by atoms with van der Waals surface area (Å²) in [5.41, 5.74) is 6.30. The predicted octanol–water partition coefficient (Wildman–Crippen LogP) is 5.31. The number of rotatable bonds is 10. The van der Waals surface area contributed by atoms with Crippen LogP contribution in [0.4, 0.5) is 5.95 Å². The highest BCUT2D eigenvalue weighted by Gasteiger charge is 2.49. The number of esters is 1. The largest absolute Gasteiger partial charge is 0.461 e. The van der Waals surface area contributed by atoms with E-state index in [4.69, 9.17) is 35.9 Å². The Kier molecular flexibility index (Phi) is 8.10. The summed E-state index contributed by atoms with van der Waals surface area (Å²) in [4.78, 5) is 26.1. The molecule has 1 saturated heterocycles. The molecule has 13 heteroatoms. The number of fused-ring (bicyclic) bond motifs is 1. The highest BCUT2D eigenvalue weighted by atomic mass is 35.5. The minimum atomic E-state index is -1.69. The Morgan fingerprint density at radius 3 is 2.73 bits per heavy atom. The molecule has 6 rings (SSSR count). The second-order valence-corrected chi connectivity index (χ2v) is 12.5. The summed E-state index contributed by atoms with van der Waals surface area (Å²) in [6.07, 6.45) is 9.98. The molecule has 3 heterocycles. The van der Waals surface area contributed by atoms with Crippen LogP contribution in [0.1, 0.15) is 64.5 Å². The molecule has 2 aliphatic carbocycles. The lowest BCUT2D eigenvalue weighted by Gasteiger charge is -2.41. The van der Waals surface area contributed by atoms with Gasteiger partial charge in [0, 0.05) is 10.9 Å². The molecule has 3 N–H and O–H groups in total. The number of hydrogen-bond donors (Lipinski definition) is 2. The third-order valence-electron chi connectivity index (χ3n) is 7.92. The number of hydrogen-bond acceptors (Lipinski definition) is 10. The van der Waals surface area contributed by atoms with Crippen LogP contribution in [0.3, 0.4) is 0 Å². The van der Waals surface area contributed by atoms with Crippen molar-refractivity contribution in [1.82, 2.24) is 24.6 Å². The third-order valence-corrected chi connectivity index (χ3v) is 9.54. The Morgan fingerprint density at radius 1 is 1.23 bits per heavy atom. The van der Waals surface area contributed by atoms with Gasteiger partial charge in [0.2, 0.25) is 5.95 Å². The van der Waals surface area contributed by atoms with Crippen molar-refractivity contribution in [3.05, 3.63) is 41.8 Å². The molecule has 40 heavy (non-hydrogen) atoms. The van der Waals surface area contributed by atoms with E-state index >= 15 is 0 Å². The van der Waals surface area contributed by atoms with Crippen LogP contribution in [-0.2, 0) is 18.8 Å². The van der Waals surface area contributed by atoms with Crippen molar-refractivity contribution in [3.63, 3.8) is 0 Å². The van der Waals surface area contributed by atoms with Crippen molar-refractivity contribution in [2.24, 2.45) is 5.92 Å². The Bertz CT molecular complexity index is 1330. The van der Waals surface area contributed by atoms with Gasteiger partial charge in [-0.15, -0.1) is 0 Å². The first kappa shape index (κ1) is 27.6. The van der Waals surface area contributed by atoms with Crippen LogP contribution < -0.4 is 15.3 Å². The molecule has 0 radical (unpaired) electrons. The quantitative estimate of drug-likeness (QED) is 0.237. The van der Waals surface area contributed by atoms with E-state index in [1.54, 1.807) is 36.8 Å². The number of imidazole rings is 1. The number of aromatic nitrogens is 4. The lowest BCUT2D eigenvalue weighted by atomic mass is 9.78. The van der Waals surface area contributed by atoms with E-state index in [0.29, 0.717) is 34.8 Å². The number of benzene rings is 1. The number of carbonyl (C=O) groups is 1. The highest BCUT2D eigenvalue weighted by molar-refractivity contribution is 7.45. The average molecular weight is 589 g/mol.